The summed E-state index contributed by atoms with van der Waals surface area (Å²) in [4.78, 5) is 85.7. The van der Waals surface area contributed by atoms with Gasteiger partial charge in [0.2, 0.25) is 11.8 Å². The van der Waals surface area contributed by atoms with Crippen molar-refractivity contribution in [2.24, 2.45) is 16.0 Å². The van der Waals surface area contributed by atoms with E-state index < -0.39 is 72.1 Å². The third kappa shape index (κ3) is 15.5. The molecule has 5 rings (SSSR count). The zero-order chi connectivity index (χ0) is 50.1. The number of urea groups is 1. The van der Waals surface area contributed by atoms with E-state index in [0.717, 1.165) is 38.3 Å². The van der Waals surface area contributed by atoms with Crippen molar-refractivity contribution in [3.63, 3.8) is 0 Å². The highest BCUT2D eigenvalue weighted by Crippen LogP contribution is 2.44. The zero-order valence-corrected chi connectivity index (χ0v) is 40.2. The molecule has 1 aliphatic rings. The van der Waals surface area contributed by atoms with Gasteiger partial charge < -0.3 is 40.7 Å². The second-order valence-corrected chi connectivity index (χ2v) is 17.9. The molecule has 1 aliphatic carbocycles. The number of nitrogens with one attached hydrogen (secondary N) is 5. The van der Waals surface area contributed by atoms with E-state index in [1.54, 1.807) is 34.6 Å². The first kappa shape index (κ1) is 52.4. The van der Waals surface area contributed by atoms with Crippen molar-refractivity contribution in [3.8, 4) is 11.1 Å². The number of aliphatic imine (C=N–C) groups is 1. The number of hydrogen-bond donors (Lipinski definition) is 5. The summed E-state index contributed by atoms with van der Waals surface area (Å²) in [6, 6.07) is 30.5. The number of ketones is 1. The van der Waals surface area contributed by atoms with Crippen LogP contribution >= 0.6 is 0 Å². The summed E-state index contributed by atoms with van der Waals surface area (Å²) in [6.07, 6.45) is -1.13. The molecule has 0 aromatic heterocycles. The minimum absolute atomic E-state index is 0.0266. The van der Waals surface area contributed by atoms with Gasteiger partial charge in [-0.25, -0.2) is 15.0 Å². The van der Waals surface area contributed by atoms with E-state index >= 15 is 0 Å². The number of alkyl carbamates (subject to hydrolysis) is 1. The third-order valence-corrected chi connectivity index (χ3v) is 11.0. The molecule has 17 heteroatoms. The summed E-state index contributed by atoms with van der Waals surface area (Å²) in [5.74, 6) is -3.42. The maximum Gasteiger partial charge on any atom is 0.407 e. The van der Waals surface area contributed by atoms with Crippen molar-refractivity contribution >= 4 is 47.4 Å². The molecule has 366 valence electrons. The van der Waals surface area contributed by atoms with Gasteiger partial charge in [0, 0.05) is 25.6 Å². The van der Waals surface area contributed by atoms with Crippen LogP contribution in [-0.2, 0) is 28.7 Å². The average Bonchev–Trinajstić information content (AvgIpc) is 3.63. The Morgan fingerprint density at radius 2 is 1.35 bits per heavy atom. The van der Waals surface area contributed by atoms with E-state index in [4.69, 9.17) is 9.47 Å². The Bertz CT molecular complexity index is 2390. The van der Waals surface area contributed by atoms with E-state index in [1.807, 2.05) is 116 Å². The number of ether oxygens (including phenoxy) is 2. The SMILES string of the molecule is CCCC(NC(=O)CN(CCNC(=O)OC(C)(C)C)C(=O)C(N=C([O-])OCC1c2ccccc2-c2ccccc21)C(C)C)C(=NNC(=O)NC(c1ccccc1)c1ccccc1)C(=O)NCC(C)=O. The lowest BCUT2D eigenvalue weighted by Crippen LogP contribution is -2.53. The number of hydrazone groups is 1. The van der Waals surface area contributed by atoms with Crippen LogP contribution in [0.25, 0.3) is 11.1 Å². The monoisotopic (exact) mass is 943 g/mol. The molecular weight excluding hydrogens is 881 g/mol. The zero-order valence-electron chi connectivity index (χ0n) is 40.2. The highest BCUT2D eigenvalue weighted by atomic mass is 16.6. The Balaban J connectivity index is 1.37. The van der Waals surface area contributed by atoms with Gasteiger partial charge in [0.1, 0.15) is 29.2 Å². The number of fused-ring (bicyclic) bond motifs is 3. The Kier molecular flexibility index (Phi) is 19.0. The number of rotatable bonds is 21. The van der Waals surface area contributed by atoms with Gasteiger partial charge in [0.25, 0.3) is 5.91 Å². The van der Waals surface area contributed by atoms with Crippen molar-refractivity contribution in [3.05, 3.63) is 131 Å². The van der Waals surface area contributed by atoms with Crippen LogP contribution in [0.1, 0.15) is 95.5 Å². The van der Waals surface area contributed by atoms with Gasteiger partial charge in [-0.05, 0) is 73.4 Å². The van der Waals surface area contributed by atoms with E-state index in [0.29, 0.717) is 6.42 Å². The normalized spacial score (nSPS) is 13.3. The van der Waals surface area contributed by atoms with Gasteiger partial charge in [-0.2, -0.15) is 5.10 Å². The summed E-state index contributed by atoms with van der Waals surface area (Å²) in [7, 11) is 0. The molecule has 0 bridgehead atoms. The van der Waals surface area contributed by atoms with E-state index in [2.05, 4.69) is 36.8 Å². The van der Waals surface area contributed by atoms with Crippen LogP contribution in [0.3, 0.4) is 0 Å². The lowest BCUT2D eigenvalue weighted by atomic mass is 9.98. The van der Waals surface area contributed by atoms with Crippen LogP contribution in [-0.4, -0.2) is 103 Å². The fourth-order valence-corrected chi connectivity index (χ4v) is 7.78. The molecule has 0 fully saturated rings. The molecule has 4 aromatic carbocycles. The van der Waals surface area contributed by atoms with Crippen LogP contribution in [0, 0.1) is 5.92 Å². The molecule has 0 heterocycles. The van der Waals surface area contributed by atoms with Gasteiger partial charge in [0.15, 0.2) is 0 Å². The van der Waals surface area contributed by atoms with Gasteiger partial charge in [-0.1, -0.05) is 136 Å². The van der Waals surface area contributed by atoms with E-state index in [1.165, 1.54) is 6.92 Å². The molecule has 4 aromatic rings. The quantitative estimate of drug-likeness (QED) is 0.0412. The molecule has 0 saturated carbocycles. The Morgan fingerprint density at radius 1 is 0.783 bits per heavy atom. The fourth-order valence-electron chi connectivity index (χ4n) is 7.78. The fraction of sp³-hybridized carbons (Fsp3) is 0.385. The molecule has 0 spiro atoms. The van der Waals surface area contributed by atoms with Gasteiger partial charge in [-0.15, -0.1) is 0 Å². The van der Waals surface area contributed by atoms with Crippen LogP contribution in [0.2, 0.25) is 0 Å². The molecule has 17 nitrogen and oxygen atoms in total. The van der Waals surface area contributed by atoms with Crippen molar-refractivity contribution in [2.75, 3.05) is 32.8 Å². The minimum Gasteiger partial charge on any atom is -0.599 e. The second kappa shape index (κ2) is 25.0. The molecule has 2 atom stereocenters. The summed E-state index contributed by atoms with van der Waals surface area (Å²) < 4.78 is 11.1. The van der Waals surface area contributed by atoms with Gasteiger partial charge >= 0.3 is 12.1 Å². The predicted molar refractivity (Wildman–Crippen MR) is 261 cm³/mol. The van der Waals surface area contributed by atoms with Crippen molar-refractivity contribution < 1.29 is 43.3 Å². The van der Waals surface area contributed by atoms with Crippen LogP contribution < -0.4 is 31.8 Å². The molecule has 5 N–H and O–H groups in total. The molecule has 69 heavy (non-hydrogen) atoms. The largest absolute Gasteiger partial charge is 0.599 e. The summed E-state index contributed by atoms with van der Waals surface area (Å²) >= 11 is 0. The Hall–Kier alpha value is -7.56. The number of amides is 6. The Morgan fingerprint density at radius 3 is 1.88 bits per heavy atom. The number of Topliss-reactive ketones (excluding diaryl/α,β-unsaturated/α-hetero) is 1. The lowest BCUT2D eigenvalue weighted by Gasteiger charge is -2.29. The number of nitrogens with zero attached hydrogens (tertiary/aromatic N) is 3. The predicted octanol–water partition coefficient (Wildman–Crippen LogP) is 5.34. The summed E-state index contributed by atoms with van der Waals surface area (Å²) in [5, 5.41) is 28.4. The average molecular weight is 944 g/mol. The standard InChI is InChI=1S/C52H64N8O9/c1-8-19-42(46(47(63)54-30-34(4)61)58-59-49(65)56-45(35-20-11-9-12-21-35)36-22-13-10-14-23-36)55-43(62)31-60(29-28-53-50(66)69-52(5,6)7)48(64)44(33(2)3)57-51(67)68-32-41-39-26-17-15-24-37(39)38-25-16-18-27-40(38)41/h9-18,20-27,33,41-42,44-45H,8,19,28-32H2,1-7H3,(H,53,66)(H,54,63)(H,55,62)(H,57,67)(H2,56,59,65)/p-1. The molecule has 0 radical (unpaired) electrons. The maximum atomic E-state index is 14.4. The highest BCUT2D eigenvalue weighted by molar-refractivity contribution is 6.41. The molecule has 6 amide bonds. The maximum absolute atomic E-state index is 14.4. The van der Waals surface area contributed by atoms with Crippen molar-refractivity contribution in [1.29, 1.82) is 0 Å². The smallest absolute Gasteiger partial charge is 0.407 e. The first-order valence-electron chi connectivity index (χ1n) is 23.1. The molecule has 0 aliphatic heterocycles. The van der Waals surface area contributed by atoms with Crippen LogP contribution in [0.5, 0.6) is 0 Å². The van der Waals surface area contributed by atoms with E-state index in [-0.39, 0.29) is 50.1 Å². The van der Waals surface area contributed by atoms with Crippen molar-refractivity contribution in [1.82, 2.24) is 31.6 Å². The number of hydrogen-bond acceptors (Lipinski definition) is 11. The van der Waals surface area contributed by atoms with Gasteiger partial charge in [-0.3, -0.25) is 24.2 Å². The second-order valence-electron chi connectivity index (χ2n) is 17.9. The highest BCUT2D eigenvalue weighted by Gasteiger charge is 2.32. The van der Waals surface area contributed by atoms with Crippen molar-refractivity contribution in [2.45, 2.75) is 91.0 Å². The summed E-state index contributed by atoms with van der Waals surface area (Å²) in [5.41, 5.74) is 6.94. The Labute approximate surface area is 403 Å². The lowest BCUT2D eigenvalue weighted by molar-refractivity contribution is -0.251. The van der Waals surface area contributed by atoms with Crippen LogP contribution in [0.4, 0.5) is 9.59 Å². The number of carbonyl (C=O) groups is 6. The van der Waals surface area contributed by atoms with E-state index in [9.17, 15) is 33.9 Å². The molecular formula is C52H63N8O9-. The number of carbonyl (C=O) groups excluding carboxylic acids is 6. The first-order chi connectivity index (χ1) is 32.9. The molecule has 0 saturated heterocycles. The molecule has 2 unspecified atom stereocenters. The summed E-state index contributed by atoms with van der Waals surface area (Å²) in [6.45, 7) is 10.3. The topological polar surface area (TPSA) is 232 Å². The third-order valence-electron chi connectivity index (χ3n) is 11.0. The minimum atomic E-state index is -1.30. The number of benzene rings is 4. The van der Waals surface area contributed by atoms with Crippen LogP contribution in [0.15, 0.2) is 119 Å². The van der Waals surface area contributed by atoms with Gasteiger partial charge in [0.05, 0.1) is 25.2 Å². The first-order valence-corrected chi connectivity index (χ1v) is 23.1.